The van der Waals surface area contributed by atoms with Crippen molar-refractivity contribution >= 4 is 81.5 Å². The van der Waals surface area contributed by atoms with Crippen LogP contribution in [0.25, 0.3) is 0 Å². The number of hydrogen-bond acceptors (Lipinski definition) is 8. The number of carboxylic acids is 1. The van der Waals surface area contributed by atoms with Crippen LogP contribution in [0.15, 0.2) is 60.7 Å². The quantitative estimate of drug-likeness (QED) is 0.113. The largest absolute Gasteiger partial charge is 1.00 e. The first-order valence-corrected chi connectivity index (χ1v) is 16.9. The zero-order chi connectivity index (χ0) is 38.2. The Bertz CT molecular complexity index is 1970. The van der Waals surface area contributed by atoms with Crippen LogP contribution >= 0.6 is 46.4 Å². The fourth-order valence-electron chi connectivity index (χ4n) is 4.54. The maximum Gasteiger partial charge on any atom is 1.00 e. The molecule has 2 amide bonds. The first kappa shape index (κ1) is 47.1. The number of anilines is 2. The molecule has 0 aliphatic rings. The van der Waals surface area contributed by atoms with Crippen molar-refractivity contribution in [3.05, 3.63) is 114 Å². The molecule has 53 heavy (non-hydrogen) atoms. The van der Waals surface area contributed by atoms with Gasteiger partial charge in [0.1, 0.15) is 21.5 Å². The third kappa shape index (κ3) is 13.2. The van der Waals surface area contributed by atoms with Crippen LogP contribution in [0.3, 0.4) is 0 Å². The van der Waals surface area contributed by atoms with Gasteiger partial charge in [0.25, 0.3) is 11.8 Å². The third-order valence-corrected chi connectivity index (χ3v) is 8.41. The number of methoxy groups -OCH3 is 1. The van der Waals surface area contributed by atoms with Crippen molar-refractivity contribution in [2.75, 3.05) is 17.7 Å². The Hall–Kier alpha value is -3.92. The second-order valence-electron chi connectivity index (χ2n) is 11.6. The van der Waals surface area contributed by atoms with Gasteiger partial charge in [0.15, 0.2) is 0 Å². The van der Waals surface area contributed by atoms with E-state index in [2.05, 4.69) is 10.6 Å². The summed E-state index contributed by atoms with van der Waals surface area (Å²) in [4.78, 5) is 47.7. The minimum Gasteiger partial charge on any atom is -0.870 e. The van der Waals surface area contributed by atoms with Crippen LogP contribution in [-0.4, -0.2) is 53.7 Å². The van der Waals surface area contributed by atoms with Crippen molar-refractivity contribution in [2.24, 2.45) is 0 Å². The molecule has 0 radical (unpaired) electrons. The zero-order valence-corrected chi connectivity index (χ0v) is 33.2. The molecule has 0 atom stereocenters. The van der Waals surface area contributed by atoms with Crippen molar-refractivity contribution in [2.45, 2.75) is 53.8 Å². The molecule has 0 fully saturated rings. The number of nitrogens with one attached hydrogen (secondary N) is 2. The Morgan fingerprint density at radius 1 is 0.642 bits per heavy atom. The van der Waals surface area contributed by atoms with E-state index in [-0.39, 0.29) is 73.7 Å². The number of amides is 2. The van der Waals surface area contributed by atoms with E-state index in [9.17, 15) is 19.2 Å². The average Bonchev–Trinajstić information content (AvgIpc) is 3.04. The summed E-state index contributed by atoms with van der Waals surface area (Å²) in [5.74, 6) is -1.56. The number of aromatic carboxylic acids is 1. The van der Waals surface area contributed by atoms with Crippen LogP contribution in [0.5, 0.6) is 11.5 Å². The molecule has 0 unspecified atom stereocenters. The minimum atomic E-state index is -1.02. The van der Waals surface area contributed by atoms with E-state index in [1.165, 1.54) is 37.4 Å². The first-order valence-electron chi connectivity index (χ1n) is 15.4. The van der Waals surface area contributed by atoms with Gasteiger partial charge in [0.05, 0.1) is 40.5 Å². The summed E-state index contributed by atoms with van der Waals surface area (Å²) in [6.45, 7) is 10.8. The second-order valence-corrected chi connectivity index (χ2v) is 13.2. The first-order chi connectivity index (χ1) is 23.9. The standard InChI is InChI=1S/C19H19Cl2NO4.C18H17Cl2NO4.Li.H2O/c1-10(2)26-16-9-12(8-15(20)17(16)21)18(23)22-13-5-6-14(11(3)7-13)19(24)25-4;1-9(2)25-15-8-11(7-14(19)16(15)20)17(22)21-12-4-5-13(18(23)24)10(3)6-12;;/h5-10H,1-4H3,(H,22,23);4-9H,1-3H3,(H,21,22)(H,23,24);;1H2/q;;+1;/p-1. The predicted octanol–water partition coefficient (Wildman–Crippen LogP) is 6.99. The van der Waals surface area contributed by atoms with Crippen molar-refractivity contribution in [3.63, 3.8) is 0 Å². The molecule has 0 spiro atoms. The van der Waals surface area contributed by atoms with E-state index in [1.807, 2.05) is 27.7 Å². The Morgan fingerprint density at radius 2 is 1.02 bits per heavy atom. The average molecular weight is 802 g/mol. The van der Waals surface area contributed by atoms with E-state index in [4.69, 9.17) is 65.7 Å². The van der Waals surface area contributed by atoms with Crippen molar-refractivity contribution < 1.29 is 62.8 Å². The van der Waals surface area contributed by atoms with E-state index in [0.29, 0.717) is 45.1 Å². The van der Waals surface area contributed by atoms with Crippen LogP contribution < -0.4 is 39.0 Å². The number of esters is 1. The minimum absolute atomic E-state index is 0. The van der Waals surface area contributed by atoms with Crippen LogP contribution in [-0.2, 0) is 4.74 Å². The summed E-state index contributed by atoms with van der Waals surface area (Å²) in [6, 6.07) is 15.4. The molecule has 0 aliphatic heterocycles. The van der Waals surface area contributed by atoms with Crippen LogP contribution in [0.1, 0.15) is 80.3 Å². The van der Waals surface area contributed by atoms with Crippen LogP contribution in [0, 0.1) is 13.8 Å². The summed E-state index contributed by atoms with van der Waals surface area (Å²) >= 11 is 24.4. The normalized spacial score (nSPS) is 10.2. The number of hydrogen-bond donors (Lipinski definition) is 3. The van der Waals surface area contributed by atoms with Gasteiger partial charge in [-0.15, -0.1) is 0 Å². The number of rotatable bonds is 10. The summed E-state index contributed by atoms with van der Waals surface area (Å²) < 4.78 is 15.9. The fraction of sp³-hybridized carbons (Fsp3) is 0.243. The van der Waals surface area contributed by atoms with E-state index >= 15 is 0 Å². The smallest absolute Gasteiger partial charge is 0.870 e. The van der Waals surface area contributed by atoms with Gasteiger partial charge >= 0.3 is 30.8 Å². The number of carbonyl (C=O) groups is 4. The molecule has 0 bridgehead atoms. The van der Waals surface area contributed by atoms with Gasteiger partial charge in [0, 0.05) is 22.5 Å². The number of carboxylic acid groups (broad SMARTS) is 1. The Kier molecular flexibility index (Phi) is 18.7. The fourth-order valence-corrected chi connectivity index (χ4v) is 5.27. The Labute approximate surface area is 339 Å². The molecule has 16 heteroatoms. The number of benzene rings is 4. The molecular formula is C37H37Cl4LiN2O9. The van der Waals surface area contributed by atoms with Crippen molar-refractivity contribution in [1.29, 1.82) is 0 Å². The molecule has 0 saturated carbocycles. The maximum absolute atomic E-state index is 12.5. The molecule has 0 aromatic heterocycles. The van der Waals surface area contributed by atoms with Gasteiger partial charge in [-0.05, 0) is 113 Å². The number of carbonyl (C=O) groups excluding carboxylic acids is 3. The topological polar surface area (TPSA) is 170 Å². The van der Waals surface area contributed by atoms with Crippen molar-refractivity contribution in [3.8, 4) is 11.5 Å². The summed E-state index contributed by atoms with van der Waals surface area (Å²) in [5.41, 5.74) is 3.46. The van der Waals surface area contributed by atoms with E-state index < -0.39 is 17.8 Å². The number of halogens is 4. The summed E-state index contributed by atoms with van der Waals surface area (Å²) in [5, 5.41) is 15.5. The number of aryl methyl sites for hydroxylation is 2. The summed E-state index contributed by atoms with van der Waals surface area (Å²) in [7, 11) is 1.32. The maximum atomic E-state index is 12.5. The van der Waals surface area contributed by atoms with Gasteiger partial charge in [0.2, 0.25) is 0 Å². The van der Waals surface area contributed by atoms with Gasteiger partial charge in [-0.1, -0.05) is 46.4 Å². The van der Waals surface area contributed by atoms with Crippen LogP contribution in [0.4, 0.5) is 11.4 Å². The predicted molar refractivity (Wildman–Crippen MR) is 203 cm³/mol. The molecule has 11 nitrogen and oxygen atoms in total. The molecule has 0 heterocycles. The molecule has 4 aromatic rings. The Balaban J connectivity index is 0.000000511. The van der Waals surface area contributed by atoms with E-state index in [1.54, 1.807) is 44.2 Å². The van der Waals surface area contributed by atoms with Crippen LogP contribution in [0.2, 0.25) is 20.1 Å². The molecule has 0 aliphatic carbocycles. The molecule has 278 valence electrons. The van der Waals surface area contributed by atoms with Gasteiger partial charge in [-0.3, -0.25) is 9.59 Å². The SMILES string of the molecule is COC(=O)c1ccc(NC(=O)c2cc(Cl)c(Cl)c(OC(C)C)c2)cc1C.Cc1cc(NC(=O)c2cc(Cl)c(Cl)c(OC(C)C)c2)ccc1C(=O)O.[Li+].[OH-]. The molecule has 0 saturated heterocycles. The van der Waals surface area contributed by atoms with Crippen molar-refractivity contribution in [1.82, 2.24) is 0 Å². The monoisotopic (exact) mass is 800 g/mol. The molecule has 4 aromatic carbocycles. The second kappa shape index (κ2) is 21.1. The van der Waals surface area contributed by atoms with Gasteiger partial charge < -0.3 is 35.4 Å². The summed E-state index contributed by atoms with van der Waals surface area (Å²) in [6.07, 6.45) is -0.242. The zero-order valence-electron chi connectivity index (χ0n) is 30.2. The molecule has 4 N–H and O–H groups in total. The third-order valence-electron chi connectivity index (χ3n) is 6.84. The van der Waals surface area contributed by atoms with Gasteiger partial charge in [-0.2, -0.15) is 0 Å². The number of ether oxygens (including phenoxy) is 3. The van der Waals surface area contributed by atoms with Gasteiger partial charge in [-0.25, -0.2) is 9.59 Å². The molecule has 4 rings (SSSR count). The van der Waals surface area contributed by atoms with E-state index in [0.717, 1.165) is 0 Å². The molecular weight excluding hydrogens is 765 g/mol. The Morgan fingerprint density at radius 3 is 1.34 bits per heavy atom.